The number of imidazole rings is 2. The molecule has 156 valence electrons. The number of hydrogen-bond donors (Lipinski definition) is 1. The Bertz CT molecular complexity index is 1280. The number of aromatic nitrogens is 6. The predicted molar refractivity (Wildman–Crippen MR) is 111 cm³/mol. The van der Waals surface area contributed by atoms with Gasteiger partial charge in [-0.15, -0.1) is 0 Å². The minimum Gasteiger partial charge on any atom is -0.356 e. The van der Waals surface area contributed by atoms with Gasteiger partial charge in [-0.2, -0.15) is 4.98 Å². The molecule has 0 fully saturated rings. The Kier molecular flexibility index (Phi) is 5.21. The molecule has 4 rings (SSSR count). The molecule has 0 atom stereocenters. The van der Waals surface area contributed by atoms with Crippen LogP contribution in [0.1, 0.15) is 12.0 Å². The molecule has 0 saturated carbocycles. The highest BCUT2D eigenvalue weighted by Crippen LogP contribution is 2.18. The molecule has 0 aliphatic heterocycles. The number of fused-ring (bicyclic) bond motifs is 1. The first kappa shape index (κ1) is 19.6. The zero-order valence-corrected chi connectivity index (χ0v) is 16.7. The second kappa shape index (κ2) is 7.97. The van der Waals surface area contributed by atoms with Crippen LogP contribution in [0, 0.1) is 5.82 Å². The first-order valence-corrected chi connectivity index (χ1v) is 9.56. The second-order valence-electron chi connectivity index (χ2n) is 7.11. The highest BCUT2D eigenvalue weighted by Gasteiger charge is 2.19. The van der Waals surface area contributed by atoms with Crippen LogP contribution in [0.2, 0.25) is 0 Å². The van der Waals surface area contributed by atoms with Crippen molar-refractivity contribution in [1.82, 2.24) is 28.2 Å². The molecule has 3 heterocycles. The lowest BCUT2D eigenvalue weighted by Gasteiger charge is -2.11. The summed E-state index contributed by atoms with van der Waals surface area (Å²) in [4.78, 5) is 33.7. The third-order valence-corrected chi connectivity index (χ3v) is 5.04. The number of hydrogen-bond acceptors (Lipinski definition) is 5. The Morgan fingerprint density at radius 1 is 1.10 bits per heavy atom. The van der Waals surface area contributed by atoms with Gasteiger partial charge < -0.3 is 9.88 Å². The molecule has 0 bridgehead atoms. The van der Waals surface area contributed by atoms with E-state index in [2.05, 4.69) is 15.3 Å². The highest BCUT2D eigenvalue weighted by molar-refractivity contribution is 5.74. The van der Waals surface area contributed by atoms with Crippen LogP contribution >= 0.6 is 0 Å². The maximum Gasteiger partial charge on any atom is 0.332 e. The number of nitrogens with one attached hydrogen (secondary N) is 1. The lowest BCUT2D eigenvalue weighted by atomic mass is 10.2. The van der Waals surface area contributed by atoms with Gasteiger partial charge >= 0.3 is 5.69 Å². The average molecular weight is 411 g/mol. The standard InChI is InChI=1S/C20H22FN7O2/c1-25-17-16(18(29)26(2)20(25)30)28(12-14-4-6-15(21)7-5-14)19(24-17)23-8-3-10-27-11-9-22-13-27/h4-7,9,11,13H,3,8,10,12H2,1-2H3,(H,23,24). The van der Waals surface area contributed by atoms with Gasteiger partial charge in [0, 0.05) is 39.6 Å². The zero-order chi connectivity index (χ0) is 21.3. The molecular formula is C20H22FN7O2. The summed E-state index contributed by atoms with van der Waals surface area (Å²) >= 11 is 0. The fourth-order valence-electron chi connectivity index (χ4n) is 3.39. The van der Waals surface area contributed by atoms with Crippen LogP contribution in [0.25, 0.3) is 11.2 Å². The quantitative estimate of drug-likeness (QED) is 0.463. The summed E-state index contributed by atoms with van der Waals surface area (Å²) in [6.07, 6.45) is 6.19. The summed E-state index contributed by atoms with van der Waals surface area (Å²) in [7, 11) is 3.03. The smallest absolute Gasteiger partial charge is 0.332 e. The lowest BCUT2D eigenvalue weighted by molar-refractivity contribution is 0.626. The summed E-state index contributed by atoms with van der Waals surface area (Å²) in [5.74, 6) is 0.156. The van der Waals surface area contributed by atoms with E-state index in [9.17, 15) is 14.0 Å². The fraction of sp³-hybridized carbons (Fsp3) is 0.300. The van der Waals surface area contributed by atoms with Crippen molar-refractivity contribution in [2.75, 3.05) is 11.9 Å². The van der Waals surface area contributed by atoms with Gasteiger partial charge in [0.25, 0.3) is 5.56 Å². The monoisotopic (exact) mass is 411 g/mol. The van der Waals surface area contributed by atoms with Crippen molar-refractivity contribution in [2.24, 2.45) is 14.1 Å². The van der Waals surface area contributed by atoms with Gasteiger partial charge in [0.05, 0.1) is 12.9 Å². The fourth-order valence-corrected chi connectivity index (χ4v) is 3.39. The van der Waals surface area contributed by atoms with Gasteiger partial charge in [0.1, 0.15) is 5.82 Å². The molecular weight excluding hydrogens is 389 g/mol. The van der Waals surface area contributed by atoms with Crippen molar-refractivity contribution in [2.45, 2.75) is 19.5 Å². The van der Waals surface area contributed by atoms with Crippen LogP contribution in [-0.2, 0) is 27.2 Å². The molecule has 10 heteroatoms. The van der Waals surface area contributed by atoms with Crippen LogP contribution in [0.5, 0.6) is 0 Å². The Hall–Kier alpha value is -3.69. The molecule has 1 aromatic carbocycles. The van der Waals surface area contributed by atoms with E-state index in [1.807, 2.05) is 10.8 Å². The third kappa shape index (κ3) is 3.63. The van der Waals surface area contributed by atoms with Gasteiger partial charge in [-0.3, -0.25) is 18.5 Å². The molecule has 0 radical (unpaired) electrons. The van der Waals surface area contributed by atoms with E-state index >= 15 is 0 Å². The number of rotatable bonds is 7. The van der Waals surface area contributed by atoms with Crippen LogP contribution < -0.4 is 16.6 Å². The molecule has 0 saturated heterocycles. The van der Waals surface area contributed by atoms with Crippen molar-refractivity contribution < 1.29 is 4.39 Å². The second-order valence-corrected chi connectivity index (χ2v) is 7.11. The third-order valence-electron chi connectivity index (χ3n) is 5.04. The SMILES string of the molecule is Cn1c(=O)c2c(nc(NCCCn3ccnc3)n2Cc2ccc(F)cc2)n(C)c1=O. The molecule has 0 aliphatic rings. The Morgan fingerprint density at radius 3 is 2.57 bits per heavy atom. The molecule has 4 aromatic rings. The van der Waals surface area contributed by atoms with E-state index in [1.165, 1.54) is 23.7 Å². The highest BCUT2D eigenvalue weighted by atomic mass is 19.1. The number of nitrogens with zero attached hydrogens (tertiary/aromatic N) is 6. The van der Waals surface area contributed by atoms with E-state index < -0.39 is 11.2 Å². The molecule has 0 amide bonds. The average Bonchev–Trinajstić information content (AvgIpc) is 3.38. The minimum atomic E-state index is -0.439. The van der Waals surface area contributed by atoms with Gasteiger partial charge in [-0.25, -0.2) is 14.2 Å². The van der Waals surface area contributed by atoms with Crippen LogP contribution in [0.4, 0.5) is 10.3 Å². The first-order chi connectivity index (χ1) is 14.5. The van der Waals surface area contributed by atoms with E-state index in [0.717, 1.165) is 23.1 Å². The van der Waals surface area contributed by atoms with Crippen molar-refractivity contribution in [1.29, 1.82) is 0 Å². The maximum absolute atomic E-state index is 13.3. The number of benzene rings is 1. The van der Waals surface area contributed by atoms with Gasteiger partial charge in [0.15, 0.2) is 11.2 Å². The van der Waals surface area contributed by atoms with Gasteiger partial charge in [0.2, 0.25) is 5.95 Å². The first-order valence-electron chi connectivity index (χ1n) is 9.56. The summed E-state index contributed by atoms with van der Waals surface area (Å²) < 4.78 is 19.4. The van der Waals surface area contributed by atoms with Crippen LogP contribution in [0.3, 0.4) is 0 Å². The Morgan fingerprint density at radius 2 is 1.87 bits per heavy atom. The molecule has 0 unspecified atom stereocenters. The lowest BCUT2D eigenvalue weighted by Crippen LogP contribution is -2.37. The maximum atomic E-state index is 13.3. The Labute approximate surface area is 171 Å². The van der Waals surface area contributed by atoms with Crippen molar-refractivity contribution in [3.05, 3.63) is 75.2 Å². The summed E-state index contributed by atoms with van der Waals surface area (Å²) in [6.45, 7) is 1.71. The normalized spacial score (nSPS) is 11.3. The van der Waals surface area contributed by atoms with E-state index in [-0.39, 0.29) is 5.82 Å². The van der Waals surface area contributed by atoms with Crippen LogP contribution in [-0.4, -0.2) is 34.8 Å². The van der Waals surface area contributed by atoms with E-state index in [1.54, 1.807) is 36.3 Å². The number of aryl methyl sites for hydroxylation is 2. The van der Waals surface area contributed by atoms with Crippen LogP contribution in [0.15, 0.2) is 52.6 Å². The van der Waals surface area contributed by atoms with E-state index in [0.29, 0.717) is 30.2 Å². The van der Waals surface area contributed by atoms with Crippen molar-refractivity contribution >= 4 is 17.1 Å². The molecule has 3 aromatic heterocycles. The topological polar surface area (TPSA) is 91.7 Å². The zero-order valence-electron chi connectivity index (χ0n) is 16.7. The molecule has 0 aliphatic carbocycles. The van der Waals surface area contributed by atoms with Crippen molar-refractivity contribution in [3.8, 4) is 0 Å². The molecule has 1 N–H and O–H groups in total. The Balaban J connectivity index is 1.70. The van der Waals surface area contributed by atoms with Crippen molar-refractivity contribution in [3.63, 3.8) is 0 Å². The summed E-state index contributed by atoms with van der Waals surface area (Å²) in [5, 5.41) is 3.27. The number of halogens is 1. The van der Waals surface area contributed by atoms with Gasteiger partial charge in [-0.1, -0.05) is 12.1 Å². The largest absolute Gasteiger partial charge is 0.356 e. The summed E-state index contributed by atoms with van der Waals surface area (Å²) in [6, 6.07) is 6.08. The summed E-state index contributed by atoms with van der Waals surface area (Å²) in [5.41, 5.74) is 0.580. The predicted octanol–water partition coefficient (Wildman–Crippen LogP) is 1.32. The molecule has 9 nitrogen and oxygen atoms in total. The van der Waals surface area contributed by atoms with Gasteiger partial charge in [-0.05, 0) is 24.1 Å². The number of anilines is 1. The molecule has 30 heavy (non-hydrogen) atoms. The van der Waals surface area contributed by atoms with E-state index in [4.69, 9.17) is 0 Å². The molecule has 0 spiro atoms. The minimum absolute atomic E-state index is 0.308.